The van der Waals surface area contributed by atoms with E-state index in [1.54, 1.807) is 6.07 Å². The van der Waals surface area contributed by atoms with Gasteiger partial charge in [0.25, 0.3) is 0 Å². The van der Waals surface area contributed by atoms with Gasteiger partial charge >= 0.3 is 0 Å². The summed E-state index contributed by atoms with van der Waals surface area (Å²) in [6.07, 6.45) is 1.41. The van der Waals surface area contributed by atoms with Crippen molar-refractivity contribution < 1.29 is 13.2 Å². The van der Waals surface area contributed by atoms with E-state index in [-0.39, 0.29) is 16.1 Å². The van der Waals surface area contributed by atoms with Crippen LogP contribution >= 0.6 is 11.6 Å². The predicted octanol–water partition coefficient (Wildman–Crippen LogP) is 2.45. The fraction of sp³-hybridized carbons (Fsp3) is 0.364. The summed E-state index contributed by atoms with van der Waals surface area (Å²) in [6, 6.07) is 4.52. The summed E-state index contributed by atoms with van der Waals surface area (Å²) in [7, 11) is -3.28. The van der Waals surface area contributed by atoms with Crippen LogP contribution < -0.4 is 4.72 Å². The molecule has 0 atom stereocenters. The van der Waals surface area contributed by atoms with Gasteiger partial charge in [-0.05, 0) is 38.0 Å². The zero-order valence-electron chi connectivity index (χ0n) is 9.23. The Morgan fingerprint density at radius 2 is 2.06 bits per heavy atom. The van der Waals surface area contributed by atoms with Crippen molar-refractivity contribution in [3.05, 3.63) is 28.8 Å². The van der Waals surface area contributed by atoms with E-state index in [0.29, 0.717) is 24.1 Å². The Kier molecular flexibility index (Phi) is 3.14. The van der Waals surface area contributed by atoms with Crippen molar-refractivity contribution in [2.45, 2.75) is 25.0 Å². The van der Waals surface area contributed by atoms with Crippen molar-refractivity contribution >= 4 is 33.1 Å². The molecule has 0 spiro atoms. The molecule has 92 valence electrons. The molecule has 0 aromatic heterocycles. The highest BCUT2D eigenvalue weighted by atomic mass is 35.5. The molecule has 4 nitrogen and oxygen atoms in total. The van der Waals surface area contributed by atoms with Crippen LogP contribution in [0.2, 0.25) is 5.02 Å². The fourth-order valence-corrected chi connectivity index (χ4v) is 3.18. The van der Waals surface area contributed by atoms with E-state index in [2.05, 4.69) is 4.72 Å². The number of benzene rings is 1. The van der Waals surface area contributed by atoms with E-state index in [1.807, 2.05) is 0 Å². The smallest absolute Gasteiger partial charge is 0.235 e. The molecule has 1 N–H and O–H groups in total. The molecule has 0 bridgehead atoms. The molecule has 2 rings (SSSR count). The lowest BCUT2D eigenvalue weighted by Crippen LogP contribution is -2.17. The maximum absolute atomic E-state index is 11.7. The second-order valence-electron chi connectivity index (χ2n) is 4.10. The summed E-state index contributed by atoms with van der Waals surface area (Å²) < 4.78 is 25.8. The number of carbonyl (C=O) groups excluding carboxylic acids is 1. The van der Waals surface area contributed by atoms with Crippen LogP contribution in [0.4, 0.5) is 5.69 Å². The van der Waals surface area contributed by atoms with Crippen molar-refractivity contribution in [2.75, 3.05) is 4.72 Å². The van der Waals surface area contributed by atoms with E-state index in [4.69, 9.17) is 11.6 Å². The SMILES string of the molecule is CC(=O)c1ccc(NS(=O)(=O)C2CC2)cc1Cl. The summed E-state index contributed by atoms with van der Waals surface area (Å²) in [6.45, 7) is 1.41. The molecule has 17 heavy (non-hydrogen) atoms. The van der Waals surface area contributed by atoms with Crippen LogP contribution in [0.1, 0.15) is 30.1 Å². The van der Waals surface area contributed by atoms with Crippen LogP contribution in [0, 0.1) is 0 Å². The standard InChI is InChI=1S/C11H12ClNO3S/c1-7(14)10-5-2-8(6-11(10)12)13-17(15,16)9-3-4-9/h2,5-6,9,13H,3-4H2,1H3. The molecular formula is C11H12ClNO3S. The number of hydrogen-bond acceptors (Lipinski definition) is 3. The van der Waals surface area contributed by atoms with Crippen molar-refractivity contribution in [3.63, 3.8) is 0 Å². The highest BCUT2D eigenvalue weighted by Crippen LogP contribution is 2.30. The number of sulfonamides is 1. The zero-order valence-corrected chi connectivity index (χ0v) is 10.8. The van der Waals surface area contributed by atoms with Gasteiger partial charge in [-0.15, -0.1) is 0 Å². The monoisotopic (exact) mass is 273 g/mol. The Balaban J connectivity index is 2.23. The summed E-state index contributed by atoms with van der Waals surface area (Å²) in [5.74, 6) is -0.147. The number of nitrogens with one attached hydrogen (secondary N) is 1. The molecule has 0 unspecified atom stereocenters. The number of anilines is 1. The molecule has 0 radical (unpaired) electrons. The van der Waals surface area contributed by atoms with E-state index in [9.17, 15) is 13.2 Å². The van der Waals surface area contributed by atoms with Gasteiger partial charge < -0.3 is 0 Å². The number of carbonyl (C=O) groups is 1. The highest BCUT2D eigenvalue weighted by molar-refractivity contribution is 7.93. The number of rotatable bonds is 4. The highest BCUT2D eigenvalue weighted by Gasteiger charge is 2.35. The van der Waals surface area contributed by atoms with Gasteiger partial charge in [-0.1, -0.05) is 11.6 Å². The van der Waals surface area contributed by atoms with Crippen molar-refractivity contribution in [2.24, 2.45) is 0 Å². The quantitative estimate of drug-likeness (QED) is 0.857. The second kappa shape index (κ2) is 4.31. The maximum Gasteiger partial charge on any atom is 0.235 e. The summed E-state index contributed by atoms with van der Waals surface area (Å²) in [4.78, 5) is 11.2. The first kappa shape index (κ1) is 12.4. The normalized spacial score (nSPS) is 15.6. The van der Waals surface area contributed by atoms with Gasteiger partial charge in [0.1, 0.15) is 0 Å². The van der Waals surface area contributed by atoms with E-state index in [0.717, 1.165) is 0 Å². The fourth-order valence-electron chi connectivity index (χ4n) is 1.49. The molecule has 6 heteroatoms. The minimum atomic E-state index is -3.28. The maximum atomic E-state index is 11.7. The van der Waals surface area contributed by atoms with E-state index < -0.39 is 10.0 Å². The number of Topliss-reactive ketones (excluding diaryl/α,β-unsaturated/α-hetero) is 1. The lowest BCUT2D eigenvalue weighted by atomic mass is 10.1. The third kappa shape index (κ3) is 2.79. The summed E-state index contributed by atoms with van der Waals surface area (Å²) in [5, 5.41) is -0.0257. The lowest BCUT2D eigenvalue weighted by Gasteiger charge is -2.08. The van der Waals surface area contributed by atoms with Crippen LogP contribution in [0.3, 0.4) is 0 Å². The van der Waals surface area contributed by atoms with Crippen LogP contribution in [0.25, 0.3) is 0 Å². The molecule has 1 fully saturated rings. The topological polar surface area (TPSA) is 63.2 Å². The molecule has 1 saturated carbocycles. The van der Waals surface area contributed by atoms with Crippen LogP contribution in [-0.4, -0.2) is 19.5 Å². The second-order valence-corrected chi connectivity index (χ2v) is 6.47. The minimum Gasteiger partial charge on any atom is -0.294 e. The van der Waals surface area contributed by atoms with Gasteiger partial charge in [-0.2, -0.15) is 0 Å². The first-order valence-corrected chi connectivity index (χ1v) is 7.15. The molecule has 0 heterocycles. The third-order valence-electron chi connectivity index (χ3n) is 2.57. The Morgan fingerprint density at radius 3 is 2.53 bits per heavy atom. The average Bonchev–Trinajstić information content (AvgIpc) is 2.98. The van der Waals surface area contributed by atoms with Crippen LogP contribution in [0.15, 0.2) is 18.2 Å². The molecule has 0 amide bonds. The van der Waals surface area contributed by atoms with Crippen molar-refractivity contribution in [1.29, 1.82) is 0 Å². The van der Waals surface area contributed by atoms with Gasteiger partial charge in [0.05, 0.1) is 16.0 Å². The van der Waals surface area contributed by atoms with E-state index >= 15 is 0 Å². The molecule has 0 saturated heterocycles. The third-order valence-corrected chi connectivity index (χ3v) is 4.75. The largest absolute Gasteiger partial charge is 0.294 e. The molecule has 1 aliphatic carbocycles. The van der Waals surface area contributed by atoms with Crippen LogP contribution in [0.5, 0.6) is 0 Å². The molecular weight excluding hydrogens is 262 g/mol. The van der Waals surface area contributed by atoms with Crippen molar-refractivity contribution in [1.82, 2.24) is 0 Å². The van der Waals surface area contributed by atoms with Crippen molar-refractivity contribution in [3.8, 4) is 0 Å². The van der Waals surface area contributed by atoms with Gasteiger partial charge in [0.15, 0.2) is 5.78 Å². The van der Waals surface area contributed by atoms with Crippen LogP contribution in [-0.2, 0) is 10.0 Å². The molecule has 1 aromatic carbocycles. The predicted molar refractivity (Wildman–Crippen MR) is 67.0 cm³/mol. The molecule has 0 aliphatic heterocycles. The lowest BCUT2D eigenvalue weighted by molar-refractivity contribution is 0.101. The number of halogens is 1. The van der Waals surface area contributed by atoms with Gasteiger partial charge in [0, 0.05) is 5.56 Å². The minimum absolute atomic E-state index is 0.147. The van der Waals surface area contributed by atoms with Gasteiger partial charge in [-0.25, -0.2) is 8.42 Å². The number of hydrogen-bond donors (Lipinski definition) is 1. The summed E-state index contributed by atoms with van der Waals surface area (Å²) >= 11 is 5.89. The molecule has 1 aliphatic rings. The first-order chi connectivity index (χ1) is 7.90. The summed E-state index contributed by atoms with van der Waals surface area (Å²) in [5.41, 5.74) is 0.785. The zero-order chi connectivity index (χ0) is 12.6. The first-order valence-electron chi connectivity index (χ1n) is 5.22. The Labute approximate surface area is 105 Å². The molecule has 1 aromatic rings. The average molecular weight is 274 g/mol. The Morgan fingerprint density at radius 1 is 1.41 bits per heavy atom. The van der Waals surface area contributed by atoms with Gasteiger partial charge in [0.2, 0.25) is 10.0 Å². The van der Waals surface area contributed by atoms with E-state index in [1.165, 1.54) is 19.1 Å². The Hall–Kier alpha value is -1.07. The number of ketones is 1. The Bertz CT molecular complexity index is 564. The van der Waals surface area contributed by atoms with Gasteiger partial charge in [-0.3, -0.25) is 9.52 Å².